The molecule has 154 valence electrons. The van der Waals surface area contributed by atoms with E-state index in [2.05, 4.69) is 20.9 Å². The molecule has 7 heteroatoms. The van der Waals surface area contributed by atoms with Crippen LogP contribution in [0.3, 0.4) is 0 Å². The van der Waals surface area contributed by atoms with Crippen LogP contribution in [0.4, 0.5) is 11.8 Å². The lowest BCUT2D eigenvalue weighted by Crippen LogP contribution is -2.49. The highest BCUT2D eigenvalue weighted by atomic mass is 16.5. The van der Waals surface area contributed by atoms with E-state index in [9.17, 15) is 4.79 Å². The highest BCUT2D eigenvalue weighted by molar-refractivity contribution is 5.94. The largest absolute Gasteiger partial charge is 0.497 e. The molecule has 0 aliphatic carbocycles. The lowest BCUT2D eigenvalue weighted by Gasteiger charge is -2.35. The SMILES string of the molecule is COc1cccc(C(=O)N2CCN(c3nc(C)cc(N4CCCCC4)n3)CC2)c1. The molecule has 0 unspecified atom stereocenters. The Morgan fingerprint density at radius 2 is 1.69 bits per heavy atom. The van der Waals surface area contributed by atoms with Crippen molar-refractivity contribution in [3.63, 3.8) is 0 Å². The third kappa shape index (κ3) is 4.44. The number of hydrogen-bond donors (Lipinski definition) is 0. The van der Waals surface area contributed by atoms with Crippen LogP contribution in [0.5, 0.6) is 5.75 Å². The molecule has 2 saturated heterocycles. The number of methoxy groups -OCH3 is 1. The minimum absolute atomic E-state index is 0.0442. The number of carbonyl (C=O) groups is 1. The van der Waals surface area contributed by atoms with Crippen LogP contribution in [0.2, 0.25) is 0 Å². The molecule has 0 N–H and O–H groups in total. The van der Waals surface area contributed by atoms with Gasteiger partial charge in [0.2, 0.25) is 5.95 Å². The van der Waals surface area contributed by atoms with E-state index in [1.165, 1.54) is 19.3 Å². The second-order valence-corrected chi connectivity index (χ2v) is 7.73. The number of ether oxygens (including phenoxy) is 1. The van der Waals surface area contributed by atoms with Gasteiger partial charge in [0.05, 0.1) is 7.11 Å². The minimum atomic E-state index is 0.0442. The Morgan fingerprint density at radius 3 is 2.41 bits per heavy atom. The van der Waals surface area contributed by atoms with Crippen LogP contribution in [0.15, 0.2) is 30.3 Å². The van der Waals surface area contributed by atoms with Crippen molar-refractivity contribution in [2.45, 2.75) is 26.2 Å². The van der Waals surface area contributed by atoms with Crippen molar-refractivity contribution in [3.8, 4) is 5.75 Å². The summed E-state index contributed by atoms with van der Waals surface area (Å²) in [6, 6.07) is 9.42. The molecule has 4 rings (SSSR count). The van der Waals surface area contributed by atoms with E-state index < -0.39 is 0 Å². The average Bonchev–Trinajstić information content (AvgIpc) is 2.79. The maximum absolute atomic E-state index is 12.8. The quantitative estimate of drug-likeness (QED) is 0.793. The minimum Gasteiger partial charge on any atom is -0.497 e. The Bertz CT molecular complexity index is 858. The molecule has 2 aliphatic heterocycles. The molecule has 0 saturated carbocycles. The normalized spacial score (nSPS) is 17.4. The highest BCUT2D eigenvalue weighted by Crippen LogP contribution is 2.22. The fourth-order valence-electron chi connectivity index (χ4n) is 4.01. The fourth-order valence-corrected chi connectivity index (χ4v) is 4.01. The van der Waals surface area contributed by atoms with Crippen LogP contribution in [-0.4, -0.2) is 67.2 Å². The van der Waals surface area contributed by atoms with E-state index in [0.717, 1.165) is 43.6 Å². The molecule has 2 fully saturated rings. The number of piperidine rings is 1. The van der Waals surface area contributed by atoms with Crippen molar-refractivity contribution in [2.24, 2.45) is 0 Å². The van der Waals surface area contributed by atoms with E-state index >= 15 is 0 Å². The summed E-state index contributed by atoms with van der Waals surface area (Å²) in [7, 11) is 1.61. The maximum atomic E-state index is 12.8. The number of benzene rings is 1. The summed E-state index contributed by atoms with van der Waals surface area (Å²) < 4.78 is 5.24. The molecule has 0 atom stereocenters. The Labute approximate surface area is 172 Å². The monoisotopic (exact) mass is 395 g/mol. The van der Waals surface area contributed by atoms with Crippen LogP contribution in [0.1, 0.15) is 35.3 Å². The number of carbonyl (C=O) groups excluding carboxylic acids is 1. The van der Waals surface area contributed by atoms with E-state index in [0.29, 0.717) is 24.4 Å². The predicted molar refractivity (Wildman–Crippen MR) is 114 cm³/mol. The highest BCUT2D eigenvalue weighted by Gasteiger charge is 2.25. The number of amides is 1. The van der Waals surface area contributed by atoms with Crippen molar-refractivity contribution >= 4 is 17.7 Å². The molecule has 0 radical (unpaired) electrons. The Balaban J connectivity index is 1.42. The molecule has 2 aliphatic rings. The second-order valence-electron chi connectivity index (χ2n) is 7.73. The standard InChI is InChI=1S/C22H29N5O2/c1-17-15-20(25-9-4-3-5-10-25)24-22(23-17)27-13-11-26(12-14-27)21(28)18-7-6-8-19(16-18)29-2/h6-8,15-16H,3-5,9-14H2,1-2H3. The summed E-state index contributed by atoms with van der Waals surface area (Å²) in [6.45, 7) is 6.95. The van der Waals surface area contributed by atoms with Gasteiger partial charge < -0.3 is 19.4 Å². The first kappa shape index (κ1) is 19.5. The number of aryl methyl sites for hydroxylation is 1. The van der Waals surface area contributed by atoms with E-state index in [1.807, 2.05) is 30.0 Å². The molecule has 1 aromatic heterocycles. The zero-order valence-electron chi connectivity index (χ0n) is 17.3. The van der Waals surface area contributed by atoms with Gasteiger partial charge in [0.15, 0.2) is 0 Å². The van der Waals surface area contributed by atoms with Crippen molar-refractivity contribution in [1.29, 1.82) is 0 Å². The van der Waals surface area contributed by atoms with Gasteiger partial charge in [-0.05, 0) is 44.4 Å². The molecular weight excluding hydrogens is 366 g/mol. The van der Waals surface area contributed by atoms with Crippen molar-refractivity contribution < 1.29 is 9.53 Å². The van der Waals surface area contributed by atoms with Gasteiger partial charge in [-0.2, -0.15) is 4.98 Å². The molecule has 2 aromatic rings. The number of aromatic nitrogens is 2. The smallest absolute Gasteiger partial charge is 0.254 e. The zero-order chi connectivity index (χ0) is 20.2. The van der Waals surface area contributed by atoms with Crippen LogP contribution >= 0.6 is 0 Å². The molecule has 0 bridgehead atoms. The molecule has 1 aromatic carbocycles. The molecule has 3 heterocycles. The maximum Gasteiger partial charge on any atom is 0.254 e. The number of hydrogen-bond acceptors (Lipinski definition) is 6. The van der Waals surface area contributed by atoms with Gasteiger partial charge in [-0.15, -0.1) is 0 Å². The third-order valence-electron chi connectivity index (χ3n) is 5.68. The lowest BCUT2D eigenvalue weighted by molar-refractivity contribution is 0.0746. The van der Waals surface area contributed by atoms with Gasteiger partial charge in [0.1, 0.15) is 11.6 Å². The van der Waals surface area contributed by atoms with Crippen LogP contribution in [0, 0.1) is 6.92 Å². The van der Waals surface area contributed by atoms with Crippen LogP contribution < -0.4 is 14.5 Å². The summed E-state index contributed by atoms with van der Waals surface area (Å²) in [5.41, 5.74) is 1.66. The molecule has 1 amide bonds. The first-order chi connectivity index (χ1) is 14.1. The van der Waals surface area contributed by atoms with E-state index in [-0.39, 0.29) is 5.91 Å². The Kier molecular flexibility index (Phi) is 5.83. The van der Waals surface area contributed by atoms with Gasteiger partial charge in [0, 0.05) is 56.6 Å². The summed E-state index contributed by atoms with van der Waals surface area (Å²) in [4.78, 5) is 28.8. The van der Waals surface area contributed by atoms with Gasteiger partial charge in [-0.1, -0.05) is 6.07 Å². The van der Waals surface area contributed by atoms with Gasteiger partial charge in [-0.3, -0.25) is 4.79 Å². The Morgan fingerprint density at radius 1 is 0.931 bits per heavy atom. The topological polar surface area (TPSA) is 61.8 Å². The first-order valence-corrected chi connectivity index (χ1v) is 10.4. The predicted octanol–water partition coefficient (Wildman–Crippen LogP) is 2.75. The molecule has 0 spiro atoms. The number of rotatable bonds is 4. The van der Waals surface area contributed by atoms with Crippen molar-refractivity contribution in [3.05, 3.63) is 41.6 Å². The zero-order valence-corrected chi connectivity index (χ0v) is 17.3. The molecular formula is C22H29N5O2. The average molecular weight is 396 g/mol. The van der Waals surface area contributed by atoms with E-state index in [4.69, 9.17) is 9.72 Å². The van der Waals surface area contributed by atoms with Crippen LogP contribution in [-0.2, 0) is 0 Å². The Hall–Kier alpha value is -2.83. The number of anilines is 2. The molecule has 7 nitrogen and oxygen atoms in total. The number of piperazine rings is 1. The van der Waals surface area contributed by atoms with Gasteiger partial charge in [-0.25, -0.2) is 4.98 Å². The van der Waals surface area contributed by atoms with Crippen molar-refractivity contribution in [2.75, 3.05) is 56.2 Å². The van der Waals surface area contributed by atoms with Crippen LogP contribution in [0.25, 0.3) is 0 Å². The summed E-state index contributed by atoms with van der Waals surface area (Å²) in [5.74, 6) is 2.55. The van der Waals surface area contributed by atoms with E-state index in [1.54, 1.807) is 13.2 Å². The molecule has 29 heavy (non-hydrogen) atoms. The van der Waals surface area contributed by atoms with Gasteiger partial charge >= 0.3 is 0 Å². The van der Waals surface area contributed by atoms with Crippen molar-refractivity contribution in [1.82, 2.24) is 14.9 Å². The third-order valence-corrected chi connectivity index (χ3v) is 5.68. The summed E-state index contributed by atoms with van der Waals surface area (Å²) >= 11 is 0. The first-order valence-electron chi connectivity index (χ1n) is 10.4. The summed E-state index contributed by atoms with van der Waals surface area (Å²) in [6.07, 6.45) is 3.75. The fraction of sp³-hybridized carbons (Fsp3) is 0.500. The van der Waals surface area contributed by atoms with Gasteiger partial charge in [0.25, 0.3) is 5.91 Å². The second kappa shape index (κ2) is 8.68. The number of nitrogens with zero attached hydrogens (tertiary/aromatic N) is 5. The lowest BCUT2D eigenvalue weighted by atomic mass is 10.1. The summed E-state index contributed by atoms with van der Waals surface area (Å²) in [5, 5.41) is 0.